The molecule has 2 aromatic rings. The van der Waals surface area contributed by atoms with Gasteiger partial charge in [0.15, 0.2) is 0 Å². The predicted octanol–water partition coefficient (Wildman–Crippen LogP) is 4.00. The lowest BCUT2D eigenvalue weighted by Crippen LogP contribution is -2.36. The van der Waals surface area contributed by atoms with Crippen molar-refractivity contribution in [2.45, 2.75) is 51.0 Å². The Bertz CT molecular complexity index is 853. The van der Waals surface area contributed by atoms with Crippen LogP contribution in [0.1, 0.15) is 65.7 Å². The van der Waals surface area contributed by atoms with Crippen LogP contribution in [0.5, 0.6) is 0 Å². The van der Waals surface area contributed by atoms with Gasteiger partial charge in [-0.1, -0.05) is 19.3 Å². The molecule has 0 atom stereocenters. The lowest BCUT2D eigenvalue weighted by Gasteiger charge is -2.22. The summed E-state index contributed by atoms with van der Waals surface area (Å²) in [5.74, 6) is -0.423. The van der Waals surface area contributed by atoms with Crippen molar-refractivity contribution in [1.29, 1.82) is 0 Å². The van der Waals surface area contributed by atoms with Gasteiger partial charge in [-0.05, 0) is 56.0 Å². The van der Waals surface area contributed by atoms with Crippen LogP contribution < -0.4 is 15.5 Å². The highest BCUT2D eigenvalue weighted by molar-refractivity contribution is 6.05. The molecule has 1 aromatic carbocycles. The predicted molar refractivity (Wildman–Crippen MR) is 114 cm³/mol. The van der Waals surface area contributed by atoms with Gasteiger partial charge in [0.1, 0.15) is 0 Å². The van der Waals surface area contributed by atoms with Gasteiger partial charge in [-0.15, -0.1) is 0 Å². The van der Waals surface area contributed by atoms with Crippen molar-refractivity contribution in [3.8, 4) is 0 Å². The molecule has 2 aliphatic rings. The van der Waals surface area contributed by atoms with E-state index in [4.69, 9.17) is 0 Å². The molecule has 1 aliphatic carbocycles. The molecule has 6 heteroatoms. The molecule has 0 spiro atoms. The quantitative estimate of drug-likeness (QED) is 0.807. The van der Waals surface area contributed by atoms with E-state index < -0.39 is 0 Å². The minimum atomic E-state index is -0.265. The Morgan fingerprint density at radius 3 is 2.21 bits per heavy atom. The summed E-state index contributed by atoms with van der Waals surface area (Å²) in [5.41, 5.74) is 2.72. The Hall–Kier alpha value is -2.89. The fraction of sp³-hybridized carbons (Fsp3) is 0.435. The van der Waals surface area contributed by atoms with Crippen LogP contribution >= 0.6 is 0 Å². The van der Waals surface area contributed by atoms with Crippen LogP contribution in [0.3, 0.4) is 0 Å². The third-order valence-electron chi connectivity index (χ3n) is 5.80. The number of benzene rings is 1. The van der Waals surface area contributed by atoms with E-state index in [0.29, 0.717) is 11.1 Å². The molecule has 2 heterocycles. The van der Waals surface area contributed by atoms with Crippen molar-refractivity contribution in [2.24, 2.45) is 0 Å². The number of hydrogen-bond donors (Lipinski definition) is 2. The third kappa shape index (κ3) is 4.94. The van der Waals surface area contributed by atoms with E-state index in [1.165, 1.54) is 37.3 Å². The maximum Gasteiger partial charge on any atom is 0.257 e. The van der Waals surface area contributed by atoms with Crippen molar-refractivity contribution in [3.63, 3.8) is 0 Å². The fourth-order valence-corrected chi connectivity index (χ4v) is 4.14. The number of anilines is 2. The van der Waals surface area contributed by atoms with E-state index in [2.05, 4.69) is 20.5 Å². The number of hydrogen-bond acceptors (Lipinski definition) is 4. The Labute approximate surface area is 171 Å². The maximum atomic E-state index is 12.6. The molecule has 2 amide bonds. The van der Waals surface area contributed by atoms with E-state index in [0.717, 1.165) is 44.5 Å². The Morgan fingerprint density at radius 1 is 0.862 bits per heavy atom. The summed E-state index contributed by atoms with van der Waals surface area (Å²) in [7, 11) is 0. The number of carbonyl (C=O) groups is 2. The summed E-state index contributed by atoms with van der Waals surface area (Å²) in [6, 6.07) is 9.74. The average molecular weight is 393 g/mol. The van der Waals surface area contributed by atoms with E-state index in [9.17, 15) is 9.59 Å². The molecule has 0 unspecified atom stereocenters. The summed E-state index contributed by atoms with van der Waals surface area (Å²) >= 11 is 0. The number of pyridine rings is 1. The van der Waals surface area contributed by atoms with E-state index in [1.54, 1.807) is 6.07 Å². The normalized spacial score (nSPS) is 17.2. The smallest absolute Gasteiger partial charge is 0.257 e. The highest BCUT2D eigenvalue weighted by atomic mass is 16.2. The molecule has 2 fully saturated rings. The molecule has 0 radical (unpaired) electrons. The van der Waals surface area contributed by atoms with Crippen LogP contribution in [-0.2, 0) is 0 Å². The number of carbonyl (C=O) groups excluding carboxylic acids is 2. The first-order chi connectivity index (χ1) is 14.2. The molecule has 6 nitrogen and oxygen atoms in total. The van der Waals surface area contributed by atoms with Crippen LogP contribution in [0.25, 0.3) is 0 Å². The summed E-state index contributed by atoms with van der Waals surface area (Å²) < 4.78 is 0. The first kappa shape index (κ1) is 19.4. The number of amides is 2. The molecule has 4 rings (SSSR count). The van der Waals surface area contributed by atoms with Crippen molar-refractivity contribution in [1.82, 2.24) is 10.3 Å². The lowest BCUT2D eigenvalue weighted by molar-refractivity contribution is 0.0927. The van der Waals surface area contributed by atoms with E-state index in [-0.39, 0.29) is 17.9 Å². The molecular formula is C23H28N4O2. The topological polar surface area (TPSA) is 74.3 Å². The van der Waals surface area contributed by atoms with Crippen LogP contribution in [0.15, 0.2) is 42.7 Å². The van der Waals surface area contributed by atoms with Crippen LogP contribution in [0.2, 0.25) is 0 Å². The Balaban J connectivity index is 1.38. The SMILES string of the molecule is O=C(Nc1ccc(N2CCCC2)cc1)c1cncc(C(=O)NC2CCCCC2)c1. The zero-order valence-electron chi connectivity index (χ0n) is 16.7. The highest BCUT2D eigenvalue weighted by Gasteiger charge is 2.18. The molecule has 2 N–H and O–H groups in total. The van der Waals surface area contributed by atoms with Gasteiger partial charge in [-0.25, -0.2) is 0 Å². The van der Waals surface area contributed by atoms with Gasteiger partial charge in [-0.3, -0.25) is 14.6 Å². The molecular weight excluding hydrogens is 364 g/mol. The van der Waals surface area contributed by atoms with Gasteiger partial charge in [0.25, 0.3) is 11.8 Å². The zero-order valence-corrected chi connectivity index (χ0v) is 16.7. The van der Waals surface area contributed by atoms with Gasteiger partial charge in [0.2, 0.25) is 0 Å². The Morgan fingerprint density at radius 2 is 1.52 bits per heavy atom. The first-order valence-corrected chi connectivity index (χ1v) is 10.6. The van der Waals surface area contributed by atoms with Gasteiger partial charge >= 0.3 is 0 Å². The molecule has 1 saturated heterocycles. The second kappa shape index (κ2) is 9.07. The molecule has 1 aromatic heterocycles. The van der Waals surface area contributed by atoms with Gasteiger partial charge in [0, 0.05) is 42.9 Å². The monoisotopic (exact) mass is 392 g/mol. The summed E-state index contributed by atoms with van der Waals surface area (Å²) in [6.45, 7) is 2.18. The van der Waals surface area contributed by atoms with Crippen molar-refractivity contribution < 1.29 is 9.59 Å². The second-order valence-corrected chi connectivity index (χ2v) is 7.97. The number of rotatable bonds is 5. The van der Waals surface area contributed by atoms with E-state index >= 15 is 0 Å². The second-order valence-electron chi connectivity index (χ2n) is 7.97. The zero-order chi connectivity index (χ0) is 20.1. The standard InChI is InChI=1S/C23H28N4O2/c28-22(25-19-6-2-1-3-7-19)17-14-18(16-24-15-17)23(29)26-20-8-10-21(11-9-20)27-12-4-5-13-27/h8-11,14-16,19H,1-7,12-13H2,(H,25,28)(H,26,29). The van der Waals surface area contributed by atoms with Crippen molar-refractivity contribution in [2.75, 3.05) is 23.3 Å². The molecule has 1 saturated carbocycles. The van der Waals surface area contributed by atoms with Gasteiger partial charge < -0.3 is 15.5 Å². The first-order valence-electron chi connectivity index (χ1n) is 10.6. The molecule has 0 bridgehead atoms. The molecule has 29 heavy (non-hydrogen) atoms. The fourth-order valence-electron chi connectivity index (χ4n) is 4.14. The molecule has 152 valence electrons. The summed E-state index contributed by atoms with van der Waals surface area (Å²) in [4.78, 5) is 31.6. The lowest BCUT2D eigenvalue weighted by atomic mass is 9.95. The van der Waals surface area contributed by atoms with Crippen LogP contribution in [0.4, 0.5) is 11.4 Å². The largest absolute Gasteiger partial charge is 0.372 e. The number of nitrogens with one attached hydrogen (secondary N) is 2. The van der Waals surface area contributed by atoms with Gasteiger partial charge in [-0.2, -0.15) is 0 Å². The summed E-state index contributed by atoms with van der Waals surface area (Å²) in [5, 5.41) is 5.96. The van der Waals surface area contributed by atoms with Crippen LogP contribution in [-0.4, -0.2) is 35.9 Å². The molecule has 1 aliphatic heterocycles. The minimum Gasteiger partial charge on any atom is -0.372 e. The summed E-state index contributed by atoms with van der Waals surface area (Å²) in [6.07, 6.45) is 11.1. The van der Waals surface area contributed by atoms with Crippen molar-refractivity contribution in [3.05, 3.63) is 53.9 Å². The van der Waals surface area contributed by atoms with Gasteiger partial charge in [0.05, 0.1) is 11.1 Å². The maximum absolute atomic E-state index is 12.6. The van der Waals surface area contributed by atoms with Crippen molar-refractivity contribution >= 4 is 23.2 Å². The Kier molecular flexibility index (Phi) is 6.08. The third-order valence-corrected chi connectivity index (χ3v) is 5.80. The highest BCUT2D eigenvalue weighted by Crippen LogP contribution is 2.22. The minimum absolute atomic E-state index is 0.158. The van der Waals surface area contributed by atoms with E-state index in [1.807, 2.05) is 24.3 Å². The number of nitrogens with zero attached hydrogens (tertiary/aromatic N) is 2. The average Bonchev–Trinajstić information content (AvgIpc) is 3.30. The number of aromatic nitrogens is 1. The van der Waals surface area contributed by atoms with Crippen LogP contribution in [0, 0.1) is 0 Å².